The van der Waals surface area contributed by atoms with Gasteiger partial charge in [0.05, 0.1) is 4.90 Å². The summed E-state index contributed by atoms with van der Waals surface area (Å²) in [6.07, 6.45) is 0. The second-order valence-electron chi connectivity index (χ2n) is 3.55. The predicted molar refractivity (Wildman–Crippen MR) is 65.1 cm³/mol. The minimum Gasteiger partial charge on any atom is -0.339 e. The lowest BCUT2D eigenvalue weighted by Crippen LogP contribution is -2.30. The second-order valence-corrected chi connectivity index (χ2v) is 5.11. The van der Waals surface area contributed by atoms with E-state index in [4.69, 9.17) is 5.14 Å². The fraction of sp³-hybridized carbons (Fsp3) is 0.364. The highest BCUT2D eigenvalue weighted by Crippen LogP contribution is 2.11. The summed E-state index contributed by atoms with van der Waals surface area (Å²) >= 11 is 0. The van der Waals surface area contributed by atoms with Crippen LogP contribution in [-0.2, 0) is 10.0 Å². The molecule has 0 aliphatic rings. The molecule has 0 atom stereocenters. The molecule has 0 spiro atoms. The van der Waals surface area contributed by atoms with Crippen molar-refractivity contribution < 1.29 is 13.2 Å². The van der Waals surface area contributed by atoms with Gasteiger partial charge in [-0.05, 0) is 32.0 Å². The van der Waals surface area contributed by atoms with Gasteiger partial charge in [-0.1, -0.05) is 6.07 Å². The fourth-order valence-electron chi connectivity index (χ4n) is 1.50. The zero-order valence-electron chi connectivity index (χ0n) is 9.88. The molecule has 0 saturated heterocycles. The van der Waals surface area contributed by atoms with Gasteiger partial charge in [-0.15, -0.1) is 0 Å². The Balaban J connectivity index is 3.12. The van der Waals surface area contributed by atoms with E-state index in [-0.39, 0.29) is 10.8 Å². The first-order chi connectivity index (χ1) is 7.90. The number of nitrogens with two attached hydrogens (primary N) is 1. The molecule has 1 amide bonds. The van der Waals surface area contributed by atoms with E-state index >= 15 is 0 Å². The molecule has 0 heterocycles. The standard InChI is InChI=1S/C11H16N2O3S/c1-3-13(4-2)11(14)9-6-5-7-10(8-9)17(12,15)16/h5-8H,3-4H2,1-2H3,(H2,12,15,16). The molecule has 17 heavy (non-hydrogen) atoms. The van der Waals surface area contributed by atoms with Crippen molar-refractivity contribution in [1.82, 2.24) is 4.90 Å². The molecule has 1 rings (SSSR count). The van der Waals surface area contributed by atoms with E-state index in [1.807, 2.05) is 13.8 Å². The van der Waals surface area contributed by atoms with Crippen LogP contribution in [0, 0.1) is 0 Å². The molecule has 0 bridgehead atoms. The molecule has 1 aromatic carbocycles. The zero-order valence-corrected chi connectivity index (χ0v) is 10.7. The van der Waals surface area contributed by atoms with Crippen molar-refractivity contribution in [2.45, 2.75) is 18.7 Å². The summed E-state index contributed by atoms with van der Waals surface area (Å²) in [7, 11) is -3.77. The number of nitrogens with zero attached hydrogens (tertiary/aromatic N) is 1. The van der Waals surface area contributed by atoms with Gasteiger partial charge in [0.25, 0.3) is 5.91 Å². The molecule has 0 unspecified atom stereocenters. The van der Waals surface area contributed by atoms with Crippen LogP contribution in [0.25, 0.3) is 0 Å². The molecule has 0 saturated carbocycles. The zero-order chi connectivity index (χ0) is 13.1. The number of sulfonamides is 1. The van der Waals surface area contributed by atoms with Crippen LogP contribution in [0.4, 0.5) is 0 Å². The summed E-state index contributed by atoms with van der Waals surface area (Å²) in [5.74, 6) is -0.194. The number of carbonyl (C=O) groups excluding carboxylic acids is 1. The van der Waals surface area contributed by atoms with Crippen molar-refractivity contribution in [2.75, 3.05) is 13.1 Å². The maximum absolute atomic E-state index is 12.0. The quantitative estimate of drug-likeness (QED) is 0.865. The van der Waals surface area contributed by atoms with Crippen LogP contribution in [-0.4, -0.2) is 32.3 Å². The number of primary sulfonamides is 1. The van der Waals surface area contributed by atoms with Gasteiger partial charge >= 0.3 is 0 Å². The lowest BCUT2D eigenvalue weighted by atomic mass is 10.2. The number of hydrogen-bond donors (Lipinski definition) is 1. The van der Waals surface area contributed by atoms with E-state index in [2.05, 4.69) is 0 Å². The molecule has 6 heteroatoms. The summed E-state index contributed by atoms with van der Waals surface area (Å²) < 4.78 is 22.3. The highest BCUT2D eigenvalue weighted by atomic mass is 32.2. The molecule has 0 fully saturated rings. The van der Waals surface area contributed by atoms with Gasteiger partial charge in [0.1, 0.15) is 0 Å². The molecule has 2 N–H and O–H groups in total. The average Bonchev–Trinajstić information content (AvgIpc) is 2.29. The van der Waals surface area contributed by atoms with Crippen LogP contribution in [0.1, 0.15) is 24.2 Å². The summed E-state index contributed by atoms with van der Waals surface area (Å²) in [5, 5.41) is 5.01. The minimum absolute atomic E-state index is 0.0458. The van der Waals surface area contributed by atoms with Crippen LogP contribution in [0.5, 0.6) is 0 Å². The Hall–Kier alpha value is -1.40. The number of rotatable bonds is 4. The summed E-state index contributed by atoms with van der Waals surface area (Å²) in [4.78, 5) is 13.5. The Bertz CT molecular complexity index is 507. The van der Waals surface area contributed by atoms with Crippen molar-refractivity contribution in [3.8, 4) is 0 Å². The molecule has 0 aliphatic carbocycles. The van der Waals surface area contributed by atoms with Crippen molar-refractivity contribution in [3.05, 3.63) is 29.8 Å². The lowest BCUT2D eigenvalue weighted by molar-refractivity contribution is 0.0772. The number of carbonyl (C=O) groups is 1. The molecular formula is C11H16N2O3S. The van der Waals surface area contributed by atoms with E-state index < -0.39 is 10.0 Å². The van der Waals surface area contributed by atoms with Crippen molar-refractivity contribution >= 4 is 15.9 Å². The fourth-order valence-corrected chi connectivity index (χ4v) is 2.06. The summed E-state index contributed by atoms with van der Waals surface area (Å²) in [5.41, 5.74) is 0.334. The maximum atomic E-state index is 12.0. The molecule has 1 aromatic rings. The highest BCUT2D eigenvalue weighted by Gasteiger charge is 2.15. The van der Waals surface area contributed by atoms with Gasteiger partial charge in [-0.3, -0.25) is 4.79 Å². The van der Waals surface area contributed by atoms with E-state index in [9.17, 15) is 13.2 Å². The van der Waals surface area contributed by atoms with Gasteiger partial charge in [0.2, 0.25) is 10.0 Å². The van der Waals surface area contributed by atoms with E-state index in [0.29, 0.717) is 18.7 Å². The van der Waals surface area contributed by atoms with Crippen molar-refractivity contribution in [2.24, 2.45) is 5.14 Å². The Morgan fingerprint density at radius 1 is 1.29 bits per heavy atom. The van der Waals surface area contributed by atoms with Crippen molar-refractivity contribution in [1.29, 1.82) is 0 Å². The van der Waals surface area contributed by atoms with Crippen LogP contribution in [0.3, 0.4) is 0 Å². The van der Waals surface area contributed by atoms with Crippen LogP contribution in [0.2, 0.25) is 0 Å². The highest BCUT2D eigenvalue weighted by molar-refractivity contribution is 7.89. The van der Waals surface area contributed by atoms with Gasteiger partial charge in [0, 0.05) is 18.7 Å². The van der Waals surface area contributed by atoms with Crippen LogP contribution < -0.4 is 5.14 Å². The summed E-state index contributed by atoms with van der Waals surface area (Å²) in [6, 6.07) is 5.76. The smallest absolute Gasteiger partial charge is 0.253 e. The average molecular weight is 256 g/mol. The maximum Gasteiger partial charge on any atom is 0.253 e. The number of hydrogen-bond acceptors (Lipinski definition) is 3. The molecular weight excluding hydrogens is 240 g/mol. The second kappa shape index (κ2) is 5.29. The molecule has 0 radical (unpaired) electrons. The van der Waals surface area contributed by atoms with Gasteiger partial charge in [-0.2, -0.15) is 0 Å². The molecule has 0 aliphatic heterocycles. The van der Waals surface area contributed by atoms with Gasteiger partial charge in [-0.25, -0.2) is 13.6 Å². The first kappa shape index (κ1) is 13.7. The topological polar surface area (TPSA) is 80.5 Å². The van der Waals surface area contributed by atoms with Gasteiger partial charge in [0.15, 0.2) is 0 Å². The van der Waals surface area contributed by atoms with Gasteiger partial charge < -0.3 is 4.90 Å². The largest absolute Gasteiger partial charge is 0.339 e. The third-order valence-corrected chi connectivity index (χ3v) is 3.37. The monoisotopic (exact) mass is 256 g/mol. The first-order valence-electron chi connectivity index (χ1n) is 5.32. The number of amides is 1. The van der Waals surface area contributed by atoms with Crippen molar-refractivity contribution in [3.63, 3.8) is 0 Å². The normalized spacial score (nSPS) is 11.2. The van der Waals surface area contributed by atoms with E-state index in [1.54, 1.807) is 11.0 Å². The SMILES string of the molecule is CCN(CC)C(=O)c1cccc(S(N)(=O)=O)c1. The number of benzene rings is 1. The first-order valence-corrected chi connectivity index (χ1v) is 6.87. The van der Waals surface area contributed by atoms with E-state index in [0.717, 1.165) is 0 Å². The minimum atomic E-state index is -3.77. The summed E-state index contributed by atoms with van der Waals surface area (Å²) in [6.45, 7) is 4.89. The predicted octanol–water partition coefficient (Wildman–Crippen LogP) is 0.816. The lowest BCUT2D eigenvalue weighted by Gasteiger charge is -2.18. The third kappa shape index (κ3) is 3.28. The Morgan fingerprint density at radius 2 is 1.88 bits per heavy atom. The van der Waals surface area contributed by atoms with Crippen LogP contribution in [0.15, 0.2) is 29.2 Å². The Morgan fingerprint density at radius 3 is 2.35 bits per heavy atom. The Labute approximate surface area is 101 Å². The molecule has 0 aromatic heterocycles. The Kier molecular flexibility index (Phi) is 4.25. The van der Waals surface area contributed by atoms with E-state index in [1.165, 1.54) is 18.2 Å². The molecule has 94 valence electrons. The van der Waals surface area contributed by atoms with Crippen LogP contribution >= 0.6 is 0 Å². The molecule has 5 nitrogen and oxygen atoms in total. The third-order valence-electron chi connectivity index (χ3n) is 2.46.